The Balaban J connectivity index is 1.64. The highest BCUT2D eigenvalue weighted by Crippen LogP contribution is 2.39. The van der Waals surface area contributed by atoms with Crippen LogP contribution < -0.4 is 9.47 Å². The lowest BCUT2D eigenvalue weighted by molar-refractivity contribution is -0.139. The van der Waals surface area contributed by atoms with Crippen molar-refractivity contribution in [2.45, 2.75) is 45.1 Å². The minimum atomic E-state index is -1.07. The fourth-order valence-electron chi connectivity index (χ4n) is 4.14. The van der Waals surface area contributed by atoms with Gasteiger partial charge in [0.05, 0.1) is 17.7 Å². The summed E-state index contributed by atoms with van der Waals surface area (Å²) in [6.07, 6.45) is 7.22. The fraction of sp³-hybridized carbons (Fsp3) is 0.346. The second-order valence-corrected chi connectivity index (χ2v) is 9.41. The third-order valence-corrected chi connectivity index (χ3v) is 6.86. The second kappa shape index (κ2) is 10.8. The highest BCUT2D eigenvalue weighted by molar-refractivity contribution is 8.18. The molecule has 34 heavy (non-hydrogen) atoms. The topological polar surface area (TPSA) is 88.4 Å². The monoisotopic (exact) mass is 480 g/mol. The van der Waals surface area contributed by atoms with Gasteiger partial charge in [0.2, 0.25) is 0 Å². The van der Waals surface area contributed by atoms with Crippen molar-refractivity contribution in [1.29, 1.82) is 0 Å². The van der Waals surface area contributed by atoms with Crippen molar-refractivity contribution in [1.82, 2.24) is 4.90 Å². The van der Waals surface area contributed by atoms with Crippen LogP contribution in [0.3, 0.4) is 0 Å². The number of benzene rings is 2. The molecule has 2 aromatic rings. The lowest BCUT2D eigenvalue weighted by Crippen LogP contribution is -2.40. The van der Waals surface area contributed by atoms with E-state index in [9.17, 15) is 9.59 Å². The van der Waals surface area contributed by atoms with E-state index in [1.165, 1.54) is 25.3 Å². The van der Waals surface area contributed by atoms with Crippen LogP contribution in [0.2, 0.25) is 0 Å². The Bertz CT molecular complexity index is 1120. The predicted molar refractivity (Wildman–Crippen MR) is 134 cm³/mol. The van der Waals surface area contributed by atoms with Crippen molar-refractivity contribution in [2.75, 3.05) is 13.7 Å². The van der Waals surface area contributed by atoms with Gasteiger partial charge in [0.1, 0.15) is 0 Å². The molecule has 2 fully saturated rings. The average molecular weight is 481 g/mol. The number of aliphatic carboxylic acids is 1. The van der Waals surface area contributed by atoms with E-state index in [-0.39, 0.29) is 11.9 Å². The summed E-state index contributed by atoms with van der Waals surface area (Å²) in [5, 5.41) is 9.57. The largest absolute Gasteiger partial charge is 0.493 e. The molecule has 0 bridgehead atoms. The summed E-state index contributed by atoms with van der Waals surface area (Å²) in [5.41, 5.74) is 2.74. The van der Waals surface area contributed by atoms with Crippen LogP contribution in [-0.2, 0) is 9.59 Å². The Morgan fingerprint density at radius 1 is 1.15 bits per heavy atom. The van der Waals surface area contributed by atoms with Gasteiger partial charge < -0.3 is 14.6 Å². The average Bonchev–Trinajstić information content (AvgIpc) is 3.14. The normalized spacial score (nSPS) is 19.1. The first-order valence-electron chi connectivity index (χ1n) is 11.4. The number of aliphatic imine (C=N–C) groups is 1. The molecule has 1 saturated carbocycles. The third-order valence-electron chi connectivity index (χ3n) is 5.87. The molecule has 1 aliphatic carbocycles. The molecule has 1 heterocycles. The molecule has 2 aromatic carbocycles. The summed E-state index contributed by atoms with van der Waals surface area (Å²) in [4.78, 5) is 31.6. The summed E-state index contributed by atoms with van der Waals surface area (Å²) >= 11 is 1.38. The molecule has 4 rings (SSSR count). The Morgan fingerprint density at radius 3 is 2.56 bits per heavy atom. The van der Waals surface area contributed by atoms with Crippen molar-refractivity contribution in [3.8, 4) is 11.5 Å². The van der Waals surface area contributed by atoms with Crippen LogP contribution in [0, 0.1) is 6.92 Å². The molecule has 1 saturated heterocycles. The molecule has 1 N–H and O–H groups in total. The molecule has 2 aliphatic rings. The van der Waals surface area contributed by atoms with Crippen molar-refractivity contribution in [2.24, 2.45) is 4.99 Å². The lowest BCUT2D eigenvalue weighted by Gasteiger charge is -2.30. The molecule has 0 radical (unpaired) electrons. The number of rotatable bonds is 7. The second-order valence-electron chi connectivity index (χ2n) is 8.40. The zero-order chi connectivity index (χ0) is 24.1. The molecule has 1 amide bonds. The Morgan fingerprint density at radius 2 is 1.88 bits per heavy atom. The van der Waals surface area contributed by atoms with Crippen LogP contribution >= 0.6 is 11.8 Å². The SMILES string of the molecule is COc1cc(/C=C2/SC(=Nc3ccc(C)cc3)N(C3CCCCC3)C2=O)ccc1OCC(=O)O. The summed E-state index contributed by atoms with van der Waals surface area (Å²) < 4.78 is 10.6. The molecule has 0 spiro atoms. The van der Waals surface area contributed by atoms with Crippen molar-refractivity contribution >= 4 is 40.6 Å². The highest BCUT2D eigenvalue weighted by atomic mass is 32.2. The van der Waals surface area contributed by atoms with Crippen LogP contribution in [0.25, 0.3) is 6.08 Å². The molecule has 8 heteroatoms. The van der Waals surface area contributed by atoms with Gasteiger partial charge in [0.25, 0.3) is 5.91 Å². The number of carbonyl (C=O) groups excluding carboxylic acids is 1. The van der Waals surface area contributed by atoms with E-state index >= 15 is 0 Å². The summed E-state index contributed by atoms with van der Waals surface area (Å²) in [6.45, 7) is 1.58. The van der Waals surface area contributed by atoms with E-state index in [1.807, 2.05) is 42.2 Å². The lowest BCUT2D eigenvalue weighted by atomic mass is 9.94. The first kappa shape index (κ1) is 23.9. The van der Waals surface area contributed by atoms with Crippen molar-refractivity contribution in [3.63, 3.8) is 0 Å². The van der Waals surface area contributed by atoms with E-state index in [1.54, 1.807) is 18.2 Å². The van der Waals surface area contributed by atoms with Gasteiger partial charge in [-0.3, -0.25) is 9.69 Å². The van der Waals surface area contributed by atoms with Gasteiger partial charge in [-0.05, 0) is 67.4 Å². The molecule has 7 nitrogen and oxygen atoms in total. The van der Waals surface area contributed by atoms with E-state index in [0.717, 1.165) is 42.5 Å². The number of carboxylic acids is 1. The smallest absolute Gasteiger partial charge is 0.341 e. The Labute approximate surface area is 203 Å². The predicted octanol–water partition coefficient (Wildman–Crippen LogP) is 5.40. The summed E-state index contributed by atoms with van der Waals surface area (Å²) in [7, 11) is 1.49. The number of ether oxygens (including phenoxy) is 2. The minimum absolute atomic E-state index is 0.0343. The van der Waals surface area contributed by atoms with Gasteiger partial charge in [-0.15, -0.1) is 0 Å². The number of thioether (sulfide) groups is 1. The van der Waals surface area contributed by atoms with Gasteiger partial charge in [-0.1, -0.05) is 43.0 Å². The standard InChI is InChI=1S/C26H28N2O5S/c1-17-8-11-19(12-9-17)27-26-28(20-6-4-3-5-7-20)25(31)23(34-26)15-18-10-13-21(22(14-18)32-2)33-16-24(29)30/h8-15,20H,3-7,16H2,1-2H3,(H,29,30)/b23-15+,27-26?. The molecule has 0 aromatic heterocycles. The van der Waals surface area contributed by atoms with E-state index < -0.39 is 12.6 Å². The number of methoxy groups -OCH3 is 1. The quantitative estimate of drug-likeness (QED) is 0.534. The summed E-state index contributed by atoms with van der Waals surface area (Å²) in [5.74, 6) is -0.357. The third kappa shape index (κ3) is 5.62. The van der Waals surface area contributed by atoms with Crippen LogP contribution in [0.5, 0.6) is 11.5 Å². The number of hydrogen-bond donors (Lipinski definition) is 1. The van der Waals surface area contributed by atoms with E-state index in [2.05, 4.69) is 0 Å². The van der Waals surface area contributed by atoms with Crippen molar-refractivity contribution < 1.29 is 24.2 Å². The van der Waals surface area contributed by atoms with Gasteiger partial charge in [-0.2, -0.15) is 0 Å². The number of amidine groups is 1. The maximum atomic E-state index is 13.5. The molecule has 1 aliphatic heterocycles. The molecule has 178 valence electrons. The maximum Gasteiger partial charge on any atom is 0.341 e. The first-order chi connectivity index (χ1) is 16.4. The van der Waals surface area contributed by atoms with E-state index in [0.29, 0.717) is 21.6 Å². The van der Waals surface area contributed by atoms with Crippen LogP contribution in [0.15, 0.2) is 52.4 Å². The number of carboxylic acid groups (broad SMARTS) is 1. The molecular weight excluding hydrogens is 452 g/mol. The summed E-state index contributed by atoms with van der Waals surface area (Å²) in [6, 6.07) is 13.3. The maximum absolute atomic E-state index is 13.5. The van der Waals surface area contributed by atoms with Crippen LogP contribution in [0.1, 0.15) is 43.2 Å². The van der Waals surface area contributed by atoms with Crippen LogP contribution in [0.4, 0.5) is 5.69 Å². The van der Waals surface area contributed by atoms with Gasteiger partial charge >= 0.3 is 5.97 Å². The van der Waals surface area contributed by atoms with Gasteiger partial charge in [-0.25, -0.2) is 9.79 Å². The number of aryl methyl sites for hydroxylation is 1. The molecule has 0 unspecified atom stereocenters. The minimum Gasteiger partial charge on any atom is -0.493 e. The van der Waals surface area contributed by atoms with Crippen LogP contribution in [-0.4, -0.2) is 46.8 Å². The Hall–Kier alpha value is -3.26. The number of nitrogens with zero attached hydrogens (tertiary/aromatic N) is 2. The molecular formula is C26H28N2O5S. The number of hydrogen-bond acceptors (Lipinski definition) is 6. The first-order valence-corrected chi connectivity index (χ1v) is 12.2. The van der Waals surface area contributed by atoms with E-state index in [4.69, 9.17) is 19.6 Å². The van der Waals surface area contributed by atoms with Gasteiger partial charge in [0, 0.05) is 6.04 Å². The Kier molecular flexibility index (Phi) is 7.57. The van der Waals surface area contributed by atoms with Crippen molar-refractivity contribution in [3.05, 3.63) is 58.5 Å². The zero-order valence-electron chi connectivity index (χ0n) is 19.3. The highest BCUT2D eigenvalue weighted by Gasteiger charge is 2.38. The zero-order valence-corrected chi connectivity index (χ0v) is 20.1. The fourth-order valence-corrected chi connectivity index (χ4v) is 5.20. The molecule has 0 atom stereocenters. The van der Waals surface area contributed by atoms with Gasteiger partial charge in [0.15, 0.2) is 23.3 Å². The number of carbonyl (C=O) groups is 2. The number of amides is 1.